The van der Waals surface area contributed by atoms with Gasteiger partial charge in [0.05, 0.1) is 18.1 Å². The second-order valence-electron chi connectivity index (χ2n) is 5.42. The Labute approximate surface area is 103 Å². The molecule has 2 N–H and O–H groups in total. The van der Waals surface area contributed by atoms with Crippen LogP contribution >= 0.6 is 0 Å². The van der Waals surface area contributed by atoms with Gasteiger partial charge in [0.1, 0.15) is 0 Å². The van der Waals surface area contributed by atoms with E-state index in [0.29, 0.717) is 19.8 Å². The maximum Gasteiger partial charge on any atom is 0.225 e. The molecule has 0 aromatic rings. The van der Waals surface area contributed by atoms with Gasteiger partial charge < -0.3 is 15.2 Å². The molecule has 0 spiro atoms. The third kappa shape index (κ3) is 3.68. The summed E-state index contributed by atoms with van der Waals surface area (Å²) in [5.41, 5.74) is -0.675. The molecule has 0 radical (unpaired) electrons. The van der Waals surface area contributed by atoms with Crippen molar-refractivity contribution in [3.63, 3.8) is 0 Å². The van der Waals surface area contributed by atoms with E-state index in [9.17, 15) is 9.90 Å². The Morgan fingerprint density at radius 3 is 2.59 bits per heavy atom. The molecule has 1 saturated heterocycles. The maximum atomic E-state index is 11.8. The summed E-state index contributed by atoms with van der Waals surface area (Å²) in [7, 11) is 0. The van der Waals surface area contributed by atoms with Crippen LogP contribution in [0.4, 0.5) is 0 Å². The van der Waals surface area contributed by atoms with Gasteiger partial charge in [0.15, 0.2) is 0 Å². The van der Waals surface area contributed by atoms with Gasteiger partial charge in [-0.25, -0.2) is 0 Å². The van der Waals surface area contributed by atoms with Gasteiger partial charge in [0.2, 0.25) is 5.91 Å². The van der Waals surface area contributed by atoms with Crippen molar-refractivity contribution in [2.45, 2.75) is 50.5 Å². The minimum Gasteiger partial charge on any atom is -0.388 e. The molecular formula is C13H23NO3. The molecule has 1 amide bonds. The summed E-state index contributed by atoms with van der Waals surface area (Å²) in [5.74, 6) is 0.0320. The molecule has 0 aromatic carbocycles. The van der Waals surface area contributed by atoms with Gasteiger partial charge in [-0.05, 0) is 19.3 Å². The van der Waals surface area contributed by atoms with Crippen LogP contribution in [0.15, 0.2) is 0 Å². The van der Waals surface area contributed by atoms with Gasteiger partial charge in [0.25, 0.3) is 0 Å². The SMILES string of the molecule is O=C(NCC1(O)CCCCCC1)C1CCOC1. The van der Waals surface area contributed by atoms with E-state index in [-0.39, 0.29) is 11.8 Å². The number of ether oxygens (including phenoxy) is 1. The molecule has 1 saturated carbocycles. The van der Waals surface area contributed by atoms with Crippen LogP contribution in [-0.2, 0) is 9.53 Å². The molecule has 2 rings (SSSR count). The molecule has 2 aliphatic rings. The summed E-state index contributed by atoms with van der Waals surface area (Å²) < 4.78 is 5.19. The minimum absolute atomic E-state index is 0.00984. The first-order valence-electron chi connectivity index (χ1n) is 6.77. The van der Waals surface area contributed by atoms with Crippen molar-refractivity contribution in [3.8, 4) is 0 Å². The fraction of sp³-hybridized carbons (Fsp3) is 0.923. The molecule has 1 atom stereocenters. The van der Waals surface area contributed by atoms with Crippen LogP contribution in [0.5, 0.6) is 0 Å². The Hall–Kier alpha value is -0.610. The van der Waals surface area contributed by atoms with E-state index in [1.165, 1.54) is 12.8 Å². The van der Waals surface area contributed by atoms with Gasteiger partial charge in [-0.3, -0.25) is 4.79 Å². The number of aliphatic hydroxyl groups is 1. The van der Waals surface area contributed by atoms with E-state index in [0.717, 1.165) is 32.1 Å². The van der Waals surface area contributed by atoms with Crippen molar-refractivity contribution in [2.24, 2.45) is 5.92 Å². The smallest absolute Gasteiger partial charge is 0.225 e. The van der Waals surface area contributed by atoms with Crippen LogP contribution in [-0.4, -0.2) is 36.4 Å². The van der Waals surface area contributed by atoms with E-state index in [2.05, 4.69) is 5.32 Å². The lowest BCUT2D eigenvalue weighted by Gasteiger charge is -2.27. The van der Waals surface area contributed by atoms with Crippen molar-refractivity contribution in [3.05, 3.63) is 0 Å². The second-order valence-corrected chi connectivity index (χ2v) is 5.42. The van der Waals surface area contributed by atoms with Crippen molar-refractivity contribution in [1.82, 2.24) is 5.32 Å². The number of hydrogen-bond donors (Lipinski definition) is 2. The van der Waals surface area contributed by atoms with E-state index < -0.39 is 5.60 Å². The standard InChI is InChI=1S/C13H23NO3/c15-12(11-5-8-17-9-11)14-10-13(16)6-3-1-2-4-7-13/h11,16H,1-10H2,(H,14,15). The lowest BCUT2D eigenvalue weighted by atomic mass is 9.94. The molecule has 1 heterocycles. The zero-order valence-electron chi connectivity index (χ0n) is 10.4. The molecular weight excluding hydrogens is 218 g/mol. The predicted molar refractivity (Wildman–Crippen MR) is 64.6 cm³/mol. The quantitative estimate of drug-likeness (QED) is 0.731. The minimum atomic E-state index is -0.675. The Kier molecular flexibility index (Phi) is 4.40. The molecule has 4 heteroatoms. The van der Waals surface area contributed by atoms with Crippen molar-refractivity contribution in [1.29, 1.82) is 0 Å². The molecule has 0 aromatic heterocycles. The van der Waals surface area contributed by atoms with Crippen molar-refractivity contribution in [2.75, 3.05) is 19.8 Å². The van der Waals surface area contributed by atoms with Crippen LogP contribution in [0, 0.1) is 5.92 Å². The van der Waals surface area contributed by atoms with E-state index >= 15 is 0 Å². The highest BCUT2D eigenvalue weighted by Gasteiger charge is 2.30. The molecule has 98 valence electrons. The fourth-order valence-electron chi connectivity index (χ4n) is 2.70. The number of carbonyl (C=O) groups excluding carboxylic acids is 1. The number of hydrogen-bond acceptors (Lipinski definition) is 3. The lowest BCUT2D eigenvalue weighted by molar-refractivity contribution is -0.126. The number of amides is 1. The Morgan fingerprint density at radius 1 is 1.29 bits per heavy atom. The normalized spacial score (nSPS) is 28.6. The number of nitrogens with one attached hydrogen (secondary N) is 1. The highest BCUT2D eigenvalue weighted by Crippen LogP contribution is 2.26. The van der Waals surface area contributed by atoms with Crippen LogP contribution in [0.1, 0.15) is 44.9 Å². The monoisotopic (exact) mass is 241 g/mol. The average Bonchev–Trinajstić information content (AvgIpc) is 2.77. The first kappa shape index (κ1) is 12.8. The van der Waals surface area contributed by atoms with E-state index in [4.69, 9.17) is 4.74 Å². The van der Waals surface area contributed by atoms with Gasteiger partial charge >= 0.3 is 0 Å². The van der Waals surface area contributed by atoms with Crippen molar-refractivity contribution < 1.29 is 14.6 Å². The molecule has 1 aliphatic carbocycles. The van der Waals surface area contributed by atoms with Crippen LogP contribution in [0.3, 0.4) is 0 Å². The van der Waals surface area contributed by atoms with Gasteiger partial charge in [0, 0.05) is 13.2 Å². The average molecular weight is 241 g/mol. The highest BCUT2D eigenvalue weighted by atomic mass is 16.5. The number of carbonyl (C=O) groups is 1. The van der Waals surface area contributed by atoms with Gasteiger partial charge in [-0.15, -0.1) is 0 Å². The van der Waals surface area contributed by atoms with Crippen LogP contribution < -0.4 is 5.32 Å². The Bertz CT molecular complexity index is 253. The summed E-state index contributed by atoms with van der Waals surface area (Å²) in [6.45, 7) is 1.62. The maximum absolute atomic E-state index is 11.8. The summed E-state index contributed by atoms with van der Waals surface area (Å²) in [6.07, 6.45) is 6.98. The molecule has 4 nitrogen and oxygen atoms in total. The fourth-order valence-corrected chi connectivity index (χ4v) is 2.70. The Balaban J connectivity index is 1.77. The summed E-state index contributed by atoms with van der Waals surface area (Å²) >= 11 is 0. The largest absolute Gasteiger partial charge is 0.388 e. The van der Waals surface area contributed by atoms with Crippen molar-refractivity contribution >= 4 is 5.91 Å². The topological polar surface area (TPSA) is 58.6 Å². The zero-order chi connectivity index (χ0) is 12.1. The molecule has 1 unspecified atom stereocenters. The lowest BCUT2D eigenvalue weighted by Crippen LogP contribution is -2.44. The van der Waals surface area contributed by atoms with Gasteiger partial charge in [-0.2, -0.15) is 0 Å². The van der Waals surface area contributed by atoms with Gasteiger partial charge in [-0.1, -0.05) is 25.7 Å². The van der Waals surface area contributed by atoms with E-state index in [1.807, 2.05) is 0 Å². The van der Waals surface area contributed by atoms with Crippen LogP contribution in [0.2, 0.25) is 0 Å². The molecule has 0 bridgehead atoms. The van der Waals surface area contributed by atoms with Crippen LogP contribution in [0.25, 0.3) is 0 Å². The van der Waals surface area contributed by atoms with E-state index in [1.54, 1.807) is 0 Å². The first-order valence-corrected chi connectivity index (χ1v) is 6.77. The third-order valence-electron chi connectivity index (χ3n) is 3.93. The zero-order valence-corrected chi connectivity index (χ0v) is 10.4. The predicted octanol–water partition coefficient (Wildman–Crippen LogP) is 1.22. The molecule has 1 aliphatic heterocycles. The second kappa shape index (κ2) is 5.83. The first-order chi connectivity index (χ1) is 8.20. The Morgan fingerprint density at radius 2 is 2.00 bits per heavy atom. The summed E-state index contributed by atoms with van der Waals surface area (Å²) in [6, 6.07) is 0. The summed E-state index contributed by atoms with van der Waals surface area (Å²) in [5, 5.41) is 13.3. The summed E-state index contributed by atoms with van der Waals surface area (Å²) in [4.78, 5) is 11.8. The number of rotatable bonds is 3. The third-order valence-corrected chi connectivity index (χ3v) is 3.93. The molecule has 2 fully saturated rings. The highest BCUT2D eigenvalue weighted by molar-refractivity contribution is 5.79. The molecule has 17 heavy (non-hydrogen) atoms.